The van der Waals surface area contributed by atoms with Crippen molar-refractivity contribution in [3.8, 4) is 17.0 Å². The van der Waals surface area contributed by atoms with Crippen molar-refractivity contribution in [1.29, 1.82) is 0 Å². The van der Waals surface area contributed by atoms with Gasteiger partial charge >= 0.3 is 0 Å². The van der Waals surface area contributed by atoms with Gasteiger partial charge in [-0.3, -0.25) is 14.7 Å². The smallest absolute Gasteiger partial charge is 0.256 e. The highest BCUT2D eigenvalue weighted by Crippen LogP contribution is 2.29. The molecule has 31 heavy (non-hydrogen) atoms. The average Bonchev–Trinajstić information content (AvgIpc) is 3.28. The van der Waals surface area contributed by atoms with Crippen molar-refractivity contribution in [1.82, 2.24) is 10.2 Å². The number of rotatable bonds is 6. The van der Waals surface area contributed by atoms with E-state index in [1.807, 2.05) is 30.3 Å². The summed E-state index contributed by atoms with van der Waals surface area (Å²) in [4.78, 5) is 24.8. The molecule has 1 aromatic heterocycles. The number of aromatic nitrogens is 2. The van der Waals surface area contributed by atoms with Crippen molar-refractivity contribution in [2.45, 2.75) is 0 Å². The second-order valence-electron chi connectivity index (χ2n) is 6.72. The van der Waals surface area contributed by atoms with Gasteiger partial charge in [0.25, 0.3) is 11.8 Å². The fourth-order valence-corrected chi connectivity index (χ4v) is 3.08. The number of H-pyrrole nitrogens is 1. The van der Waals surface area contributed by atoms with E-state index in [-0.39, 0.29) is 11.8 Å². The van der Waals surface area contributed by atoms with Crippen LogP contribution in [0.3, 0.4) is 0 Å². The number of ether oxygens (including phenoxy) is 1. The molecule has 3 aromatic carbocycles. The molecule has 0 spiro atoms. The topological polar surface area (TPSA) is 96.1 Å². The average molecular weight is 412 g/mol. The Morgan fingerprint density at radius 3 is 2.19 bits per heavy atom. The van der Waals surface area contributed by atoms with Crippen LogP contribution in [0.5, 0.6) is 5.75 Å². The molecule has 1 heterocycles. The highest BCUT2D eigenvalue weighted by Gasteiger charge is 2.12. The molecule has 0 unspecified atom stereocenters. The summed E-state index contributed by atoms with van der Waals surface area (Å²) in [5, 5.41) is 12.6. The number of benzene rings is 3. The van der Waals surface area contributed by atoms with E-state index in [1.54, 1.807) is 61.7 Å². The molecule has 0 saturated heterocycles. The third kappa shape index (κ3) is 4.62. The number of nitrogens with zero attached hydrogens (tertiary/aromatic N) is 1. The molecule has 3 N–H and O–H groups in total. The first-order valence-electron chi connectivity index (χ1n) is 9.60. The summed E-state index contributed by atoms with van der Waals surface area (Å²) in [6.07, 6.45) is 0. The lowest BCUT2D eigenvalue weighted by atomic mass is 10.1. The maximum Gasteiger partial charge on any atom is 0.256 e. The Morgan fingerprint density at radius 1 is 0.806 bits per heavy atom. The van der Waals surface area contributed by atoms with Gasteiger partial charge in [-0.15, -0.1) is 0 Å². The zero-order valence-electron chi connectivity index (χ0n) is 16.8. The molecular formula is C24H20N4O3. The highest BCUT2D eigenvalue weighted by molar-refractivity contribution is 6.06. The van der Waals surface area contributed by atoms with Crippen LogP contribution < -0.4 is 15.4 Å². The van der Waals surface area contributed by atoms with Crippen molar-refractivity contribution in [2.75, 3.05) is 17.7 Å². The normalized spacial score (nSPS) is 10.4. The summed E-state index contributed by atoms with van der Waals surface area (Å²) in [6, 6.07) is 24.9. The molecule has 0 bridgehead atoms. The van der Waals surface area contributed by atoms with Crippen molar-refractivity contribution in [2.24, 2.45) is 0 Å². The van der Waals surface area contributed by atoms with Gasteiger partial charge in [0.15, 0.2) is 5.82 Å². The van der Waals surface area contributed by atoms with E-state index in [1.165, 1.54) is 0 Å². The minimum atomic E-state index is -0.306. The Labute approximate surface area is 179 Å². The van der Waals surface area contributed by atoms with Crippen molar-refractivity contribution < 1.29 is 14.3 Å². The standard InChI is InChI=1S/C24H20N4O3/c1-31-21-10-6-5-9-19(21)20-15-22(28-27-20)26-24(30)17-11-13-18(14-12-17)25-23(29)16-7-3-2-4-8-16/h2-15H,1H3,(H,25,29)(H2,26,27,28,30). The molecule has 0 aliphatic rings. The first-order chi connectivity index (χ1) is 15.1. The van der Waals surface area contributed by atoms with Gasteiger partial charge in [0, 0.05) is 28.4 Å². The Hall–Kier alpha value is -4.39. The number of anilines is 2. The SMILES string of the molecule is COc1ccccc1-c1cc(NC(=O)c2ccc(NC(=O)c3ccccc3)cc2)n[nH]1. The Morgan fingerprint density at radius 2 is 1.45 bits per heavy atom. The van der Waals surface area contributed by atoms with Crippen molar-refractivity contribution >= 4 is 23.3 Å². The van der Waals surface area contributed by atoms with Gasteiger partial charge in [-0.25, -0.2) is 0 Å². The molecule has 0 aliphatic carbocycles. The largest absolute Gasteiger partial charge is 0.496 e. The van der Waals surface area contributed by atoms with E-state index >= 15 is 0 Å². The second kappa shape index (κ2) is 8.96. The molecule has 154 valence electrons. The fourth-order valence-electron chi connectivity index (χ4n) is 3.08. The number of carbonyl (C=O) groups is 2. The van der Waals surface area contributed by atoms with Crippen LogP contribution in [0.2, 0.25) is 0 Å². The molecular weight excluding hydrogens is 392 g/mol. The molecule has 4 rings (SSSR count). The van der Waals surface area contributed by atoms with Crippen LogP contribution in [-0.4, -0.2) is 29.1 Å². The number of carbonyl (C=O) groups excluding carboxylic acids is 2. The molecule has 7 heteroatoms. The van der Waals surface area contributed by atoms with Gasteiger partial charge in [0.1, 0.15) is 5.75 Å². The Kier molecular flexibility index (Phi) is 5.75. The third-order valence-corrected chi connectivity index (χ3v) is 4.66. The minimum absolute atomic E-state index is 0.210. The zero-order valence-corrected chi connectivity index (χ0v) is 16.8. The third-order valence-electron chi connectivity index (χ3n) is 4.66. The quantitative estimate of drug-likeness (QED) is 0.432. The van der Waals surface area contributed by atoms with Gasteiger partial charge in [0.05, 0.1) is 12.8 Å². The number of para-hydroxylation sites is 1. The number of amides is 2. The van der Waals surface area contributed by atoms with Crippen LogP contribution >= 0.6 is 0 Å². The van der Waals surface area contributed by atoms with Crippen LogP contribution in [0.15, 0.2) is 84.9 Å². The van der Waals surface area contributed by atoms with Crippen LogP contribution in [0, 0.1) is 0 Å². The predicted molar refractivity (Wildman–Crippen MR) is 119 cm³/mol. The molecule has 0 radical (unpaired) electrons. The number of aromatic amines is 1. The molecule has 0 aliphatic heterocycles. The molecule has 7 nitrogen and oxygen atoms in total. The Bertz CT molecular complexity index is 1200. The summed E-state index contributed by atoms with van der Waals surface area (Å²) in [5.41, 5.74) is 3.18. The molecule has 4 aromatic rings. The lowest BCUT2D eigenvalue weighted by Gasteiger charge is -2.07. The zero-order chi connectivity index (χ0) is 21.6. The van der Waals surface area contributed by atoms with E-state index in [0.29, 0.717) is 28.4 Å². The summed E-state index contributed by atoms with van der Waals surface area (Å²) < 4.78 is 5.36. The minimum Gasteiger partial charge on any atom is -0.496 e. The second-order valence-corrected chi connectivity index (χ2v) is 6.72. The van der Waals surface area contributed by atoms with Gasteiger partial charge < -0.3 is 15.4 Å². The van der Waals surface area contributed by atoms with Crippen molar-refractivity contribution in [3.63, 3.8) is 0 Å². The summed E-state index contributed by atoms with van der Waals surface area (Å²) in [7, 11) is 1.60. The summed E-state index contributed by atoms with van der Waals surface area (Å²) >= 11 is 0. The summed E-state index contributed by atoms with van der Waals surface area (Å²) in [5.74, 6) is 0.585. The fraction of sp³-hybridized carbons (Fsp3) is 0.0417. The lowest BCUT2D eigenvalue weighted by Crippen LogP contribution is -2.13. The van der Waals surface area contributed by atoms with Gasteiger partial charge in [0.2, 0.25) is 0 Å². The van der Waals surface area contributed by atoms with E-state index in [0.717, 1.165) is 11.3 Å². The summed E-state index contributed by atoms with van der Waals surface area (Å²) in [6.45, 7) is 0. The maximum absolute atomic E-state index is 12.6. The van der Waals surface area contributed by atoms with Crippen molar-refractivity contribution in [3.05, 3.63) is 96.1 Å². The van der Waals surface area contributed by atoms with Gasteiger partial charge in [-0.2, -0.15) is 5.10 Å². The van der Waals surface area contributed by atoms with Crippen LogP contribution in [0.25, 0.3) is 11.3 Å². The highest BCUT2D eigenvalue weighted by atomic mass is 16.5. The number of hydrogen-bond donors (Lipinski definition) is 3. The van der Waals surface area contributed by atoms with Crippen LogP contribution in [0.4, 0.5) is 11.5 Å². The predicted octanol–water partition coefficient (Wildman–Crippen LogP) is 4.59. The van der Waals surface area contributed by atoms with E-state index in [4.69, 9.17) is 4.74 Å². The first kappa shape index (κ1) is 19.9. The van der Waals surface area contributed by atoms with E-state index in [2.05, 4.69) is 20.8 Å². The molecule has 0 atom stereocenters. The number of methoxy groups -OCH3 is 1. The lowest BCUT2D eigenvalue weighted by molar-refractivity contribution is 0.101. The van der Waals surface area contributed by atoms with E-state index in [9.17, 15) is 9.59 Å². The first-order valence-corrected chi connectivity index (χ1v) is 9.60. The van der Waals surface area contributed by atoms with Gasteiger partial charge in [-0.1, -0.05) is 30.3 Å². The maximum atomic E-state index is 12.6. The van der Waals surface area contributed by atoms with Crippen LogP contribution in [-0.2, 0) is 0 Å². The Balaban J connectivity index is 1.41. The monoisotopic (exact) mass is 412 g/mol. The van der Waals surface area contributed by atoms with Gasteiger partial charge in [-0.05, 0) is 48.5 Å². The van der Waals surface area contributed by atoms with Crippen LogP contribution in [0.1, 0.15) is 20.7 Å². The number of nitrogens with one attached hydrogen (secondary N) is 3. The molecule has 2 amide bonds. The molecule has 0 saturated carbocycles. The number of hydrogen-bond acceptors (Lipinski definition) is 4. The van der Waals surface area contributed by atoms with E-state index < -0.39 is 0 Å². The molecule has 0 fully saturated rings.